The summed E-state index contributed by atoms with van der Waals surface area (Å²) in [6.45, 7) is 4.42. The van der Waals surface area contributed by atoms with Gasteiger partial charge in [0.2, 0.25) is 0 Å². The summed E-state index contributed by atoms with van der Waals surface area (Å²) in [6, 6.07) is 0. The Balaban J connectivity index is 3.31. The quantitative estimate of drug-likeness (QED) is 0.336. The highest BCUT2D eigenvalue weighted by molar-refractivity contribution is 5.39. The molecule has 2 nitrogen and oxygen atoms in total. The number of hydrogen-bond acceptors (Lipinski definition) is 2. The Kier molecular flexibility index (Phi) is 6.79. The molecule has 64 valence electrons. The van der Waals surface area contributed by atoms with Gasteiger partial charge in [-0.25, -0.2) is 0 Å². The van der Waals surface area contributed by atoms with Crippen LogP contribution in [0.15, 0.2) is 11.8 Å². The third kappa shape index (κ3) is 7.10. The largest absolute Gasteiger partial charge is 0.434 e. The van der Waals surface area contributed by atoms with Crippen LogP contribution in [-0.4, -0.2) is 6.47 Å². The fourth-order valence-corrected chi connectivity index (χ4v) is 0.824. The Morgan fingerprint density at radius 1 is 1.45 bits per heavy atom. The van der Waals surface area contributed by atoms with Crippen molar-refractivity contribution in [2.45, 2.75) is 39.5 Å². The molecule has 0 aliphatic heterocycles. The van der Waals surface area contributed by atoms with Crippen molar-refractivity contribution in [3.05, 3.63) is 11.8 Å². The summed E-state index contributed by atoms with van der Waals surface area (Å²) in [5, 5.41) is 0. The first-order chi connectivity index (χ1) is 5.31. The predicted octanol–water partition coefficient (Wildman–Crippen LogP) is 2.64. The average molecular weight is 156 g/mol. The van der Waals surface area contributed by atoms with E-state index < -0.39 is 0 Å². The van der Waals surface area contributed by atoms with Gasteiger partial charge >= 0.3 is 0 Å². The van der Waals surface area contributed by atoms with Gasteiger partial charge in [0.15, 0.2) is 0 Å². The summed E-state index contributed by atoms with van der Waals surface area (Å²) in [5.41, 5.74) is 0. The Labute approximate surface area is 68.2 Å². The van der Waals surface area contributed by atoms with Gasteiger partial charge in [-0.15, -0.1) is 0 Å². The molecule has 0 spiro atoms. The highest BCUT2D eigenvalue weighted by Gasteiger charge is 1.87. The van der Waals surface area contributed by atoms with Crippen LogP contribution in [0.3, 0.4) is 0 Å². The molecule has 0 aliphatic rings. The maximum absolute atomic E-state index is 9.84. The summed E-state index contributed by atoms with van der Waals surface area (Å²) in [5.74, 6) is 0.705. The second-order valence-electron chi connectivity index (χ2n) is 2.52. The molecule has 11 heavy (non-hydrogen) atoms. The van der Waals surface area contributed by atoms with Gasteiger partial charge in [-0.05, 0) is 25.8 Å². The maximum Gasteiger partial charge on any atom is 0.298 e. The summed E-state index contributed by atoms with van der Waals surface area (Å²) >= 11 is 0. The number of allylic oxidation sites excluding steroid dienone is 2. The molecule has 0 atom stereocenters. The number of unbranched alkanes of at least 4 members (excludes halogenated alkanes) is 3. The molecule has 0 fully saturated rings. The predicted molar refractivity (Wildman–Crippen MR) is 45.0 cm³/mol. The van der Waals surface area contributed by atoms with Crippen molar-refractivity contribution in [1.82, 2.24) is 0 Å². The summed E-state index contributed by atoms with van der Waals surface area (Å²) in [4.78, 5) is 9.84. The number of carbonyl (C=O) groups excluding carboxylic acids is 1. The van der Waals surface area contributed by atoms with Gasteiger partial charge in [0.1, 0.15) is 5.76 Å². The minimum Gasteiger partial charge on any atom is -0.434 e. The highest BCUT2D eigenvalue weighted by atomic mass is 16.5. The normalized spacial score (nSPS) is 11.3. The molecule has 0 N–H and O–H groups in total. The van der Waals surface area contributed by atoms with Crippen molar-refractivity contribution in [2.75, 3.05) is 0 Å². The lowest BCUT2D eigenvalue weighted by molar-refractivity contribution is -0.125. The van der Waals surface area contributed by atoms with Crippen LogP contribution < -0.4 is 0 Å². The first-order valence-electron chi connectivity index (χ1n) is 4.08. The van der Waals surface area contributed by atoms with E-state index in [1.165, 1.54) is 19.3 Å². The van der Waals surface area contributed by atoms with Crippen LogP contribution in [0.2, 0.25) is 0 Å². The third-order valence-electron chi connectivity index (χ3n) is 1.47. The first-order valence-corrected chi connectivity index (χ1v) is 4.08. The first kappa shape index (κ1) is 10.2. The lowest BCUT2D eigenvalue weighted by Gasteiger charge is -1.96. The number of hydrogen-bond donors (Lipinski definition) is 0. The molecule has 0 amide bonds. The highest BCUT2D eigenvalue weighted by Crippen LogP contribution is 2.03. The minimum atomic E-state index is 0.464. The van der Waals surface area contributed by atoms with E-state index in [4.69, 9.17) is 0 Å². The van der Waals surface area contributed by atoms with Gasteiger partial charge in [0.05, 0.1) is 0 Å². The van der Waals surface area contributed by atoms with Crippen molar-refractivity contribution in [3.63, 3.8) is 0 Å². The van der Waals surface area contributed by atoms with E-state index in [-0.39, 0.29) is 0 Å². The Bertz CT molecular complexity index is 128. The lowest BCUT2D eigenvalue weighted by atomic mass is 10.2. The zero-order valence-corrected chi connectivity index (χ0v) is 7.30. The van der Waals surface area contributed by atoms with E-state index in [1.807, 2.05) is 6.08 Å². The van der Waals surface area contributed by atoms with Crippen LogP contribution in [0.25, 0.3) is 0 Å². The fourth-order valence-electron chi connectivity index (χ4n) is 0.824. The van der Waals surface area contributed by atoms with Crippen LogP contribution >= 0.6 is 0 Å². The van der Waals surface area contributed by atoms with Gasteiger partial charge in [0.25, 0.3) is 6.47 Å². The van der Waals surface area contributed by atoms with Crippen molar-refractivity contribution >= 4 is 6.47 Å². The lowest BCUT2D eigenvalue weighted by Crippen LogP contribution is -1.83. The van der Waals surface area contributed by atoms with E-state index in [9.17, 15) is 4.79 Å². The van der Waals surface area contributed by atoms with E-state index in [0.29, 0.717) is 12.2 Å². The van der Waals surface area contributed by atoms with Crippen LogP contribution in [0, 0.1) is 0 Å². The molecular formula is C9H16O2. The Hall–Kier alpha value is -0.790. The SMILES string of the molecule is CCCCCC=C(C)OC=O. The topological polar surface area (TPSA) is 26.3 Å². The van der Waals surface area contributed by atoms with Gasteiger partial charge in [0, 0.05) is 0 Å². The van der Waals surface area contributed by atoms with Crippen LogP contribution in [-0.2, 0) is 9.53 Å². The van der Waals surface area contributed by atoms with Crippen molar-refractivity contribution in [1.29, 1.82) is 0 Å². The molecule has 0 aromatic rings. The van der Waals surface area contributed by atoms with E-state index in [0.717, 1.165) is 6.42 Å². The minimum absolute atomic E-state index is 0.464. The molecule has 0 heterocycles. The zero-order chi connectivity index (χ0) is 8.53. The van der Waals surface area contributed by atoms with Crippen LogP contribution in [0.1, 0.15) is 39.5 Å². The second kappa shape index (κ2) is 7.32. The standard InChI is InChI=1S/C9H16O2/c1-3-4-5-6-7-9(2)11-8-10/h7-8H,3-6H2,1-2H3. The molecule has 2 heteroatoms. The molecule has 0 aromatic heterocycles. The van der Waals surface area contributed by atoms with Crippen LogP contribution in [0.5, 0.6) is 0 Å². The van der Waals surface area contributed by atoms with Crippen molar-refractivity contribution in [3.8, 4) is 0 Å². The van der Waals surface area contributed by atoms with E-state index in [1.54, 1.807) is 6.92 Å². The maximum atomic E-state index is 9.84. The van der Waals surface area contributed by atoms with Crippen molar-refractivity contribution in [2.24, 2.45) is 0 Å². The number of rotatable bonds is 6. The summed E-state index contributed by atoms with van der Waals surface area (Å²) in [7, 11) is 0. The molecule has 0 aliphatic carbocycles. The summed E-state index contributed by atoms with van der Waals surface area (Å²) in [6.07, 6.45) is 6.60. The fraction of sp³-hybridized carbons (Fsp3) is 0.667. The summed E-state index contributed by atoms with van der Waals surface area (Å²) < 4.78 is 4.60. The smallest absolute Gasteiger partial charge is 0.298 e. The Morgan fingerprint density at radius 2 is 2.18 bits per heavy atom. The molecule has 0 saturated carbocycles. The molecule has 0 rings (SSSR count). The molecule has 0 unspecified atom stereocenters. The van der Waals surface area contributed by atoms with E-state index in [2.05, 4.69) is 11.7 Å². The second-order valence-corrected chi connectivity index (χ2v) is 2.52. The Morgan fingerprint density at radius 3 is 2.73 bits per heavy atom. The molecule has 0 aromatic carbocycles. The third-order valence-corrected chi connectivity index (χ3v) is 1.47. The number of carbonyl (C=O) groups is 1. The van der Waals surface area contributed by atoms with Gasteiger partial charge in [-0.2, -0.15) is 0 Å². The molecule has 0 saturated heterocycles. The van der Waals surface area contributed by atoms with Gasteiger partial charge in [-0.3, -0.25) is 4.79 Å². The number of ether oxygens (including phenoxy) is 1. The average Bonchev–Trinajstić information content (AvgIpc) is 1.99. The monoisotopic (exact) mass is 156 g/mol. The van der Waals surface area contributed by atoms with Crippen LogP contribution in [0.4, 0.5) is 0 Å². The zero-order valence-electron chi connectivity index (χ0n) is 7.30. The van der Waals surface area contributed by atoms with Gasteiger partial charge in [-0.1, -0.05) is 19.8 Å². The van der Waals surface area contributed by atoms with E-state index >= 15 is 0 Å². The van der Waals surface area contributed by atoms with Gasteiger partial charge < -0.3 is 4.74 Å². The molecular weight excluding hydrogens is 140 g/mol. The molecule has 0 bridgehead atoms. The molecule has 0 radical (unpaired) electrons. The van der Waals surface area contributed by atoms with Crippen molar-refractivity contribution < 1.29 is 9.53 Å².